The standard InChI is InChI=1S/C11H14F3NO2/c1-17-9-4-2-3-7(10(9)16)8(5-6-15)11(12,13)14/h2-4,8,16H,5-6,15H2,1H3. The number of benzene rings is 1. The van der Waals surface area contributed by atoms with E-state index in [9.17, 15) is 18.3 Å². The predicted molar refractivity (Wildman–Crippen MR) is 57.1 cm³/mol. The van der Waals surface area contributed by atoms with E-state index in [-0.39, 0.29) is 24.3 Å². The first-order valence-corrected chi connectivity index (χ1v) is 5.04. The van der Waals surface area contributed by atoms with Crippen LogP contribution in [0.5, 0.6) is 11.5 Å². The molecule has 1 aromatic carbocycles. The van der Waals surface area contributed by atoms with E-state index in [1.807, 2.05) is 0 Å². The fraction of sp³-hybridized carbons (Fsp3) is 0.455. The van der Waals surface area contributed by atoms with Crippen LogP contribution in [-0.2, 0) is 0 Å². The highest BCUT2D eigenvalue weighted by molar-refractivity contribution is 5.47. The first-order valence-electron chi connectivity index (χ1n) is 5.04. The number of ether oxygens (including phenoxy) is 1. The summed E-state index contributed by atoms with van der Waals surface area (Å²) in [6.45, 7) is -0.110. The summed E-state index contributed by atoms with van der Waals surface area (Å²) < 4.78 is 43.2. The normalized spacial score (nSPS) is 13.5. The van der Waals surface area contributed by atoms with Crippen LogP contribution in [0.2, 0.25) is 0 Å². The maximum atomic E-state index is 12.8. The molecule has 0 amide bonds. The molecule has 0 radical (unpaired) electrons. The molecule has 1 atom stereocenters. The largest absolute Gasteiger partial charge is 0.504 e. The van der Waals surface area contributed by atoms with Gasteiger partial charge in [-0.2, -0.15) is 13.2 Å². The quantitative estimate of drug-likeness (QED) is 0.861. The second-order valence-corrected chi connectivity index (χ2v) is 3.57. The maximum absolute atomic E-state index is 12.8. The minimum Gasteiger partial charge on any atom is -0.504 e. The fourth-order valence-electron chi connectivity index (χ4n) is 1.65. The Morgan fingerprint density at radius 2 is 2.06 bits per heavy atom. The molecule has 3 nitrogen and oxygen atoms in total. The van der Waals surface area contributed by atoms with Crippen molar-refractivity contribution >= 4 is 0 Å². The van der Waals surface area contributed by atoms with Gasteiger partial charge in [0.25, 0.3) is 0 Å². The van der Waals surface area contributed by atoms with Crippen molar-refractivity contribution in [2.75, 3.05) is 13.7 Å². The highest BCUT2D eigenvalue weighted by atomic mass is 19.4. The number of para-hydroxylation sites is 1. The van der Waals surface area contributed by atoms with Gasteiger partial charge < -0.3 is 15.6 Å². The lowest BCUT2D eigenvalue weighted by Crippen LogP contribution is -2.23. The Morgan fingerprint density at radius 3 is 2.53 bits per heavy atom. The molecule has 0 bridgehead atoms. The van der Waals surface area contributed by atoms with E-state index in [4.69, 9.17) is 10.5 Å². The number of phenolic OH excluding ortho intramolecular Hbond substituents is 1. The molecule has 0 aromatic heterocycles. The van der Waals surface area contributed by atoms with E-state index < -0.39 is 17.8 Å². The topological polar surface area (TPSA) is 55.5 Å². The van der Waals surface area contributed by atoms with Crippen LogP contribution in [0.3, 0.4) is 0 Å². The lowest BCUT2D eigenvalue weighted by atomic mass is 9.94. The molecular formula is C11H14F3NO2. The van der Waals surface area contributed by atoms with Crippen molar-refractivity contribution in [1.29, 1.82) is 0 Å². The second-order valence-electron chi connectivity index (χ2n) is 3.57. The average Bonchev–Trinajstić information content (AvgIpc) is 2.25. The van der Waals surface area contributed by atoms with Crippen LogP contribution in [0.15, 0.2) is 18.2 Å². The summed E-state index contributed by atoms with van der Waals surface area (Å²) in [5.74, 6) is -2.23. The van der Waals surface area contributed by atoms with E-state index in [1.165, 1.54) is 25.3 Å². The molecule has 3 N–H and O–H groups in total. The van der Waals surface area contributed by atoms with Gasteiger partial charge in [-0.05, 0) is 19.0 Å². The summed E-state index contributed by atoms with van der Waals surface area (Å²) >= 11 is 0. The summed E-state index contributed by atoms with van der Waals surface area (Å²) in [6.07, 6.45) is -4.71. The zero-order chi connectivity index (χ0) is 13.1. The smallest absolute Gasteiger partial charge is 0.395 e. The summed E-state index contributed by atoms with van der Waals surface area (Å²) in [4.78, 5) is 0. The van der Waals surface area contributed by atoms with Crippen LogP contribution in [0, 0.1) is 0 Å². The Bertz CT molecular complexity index is 379. The lowest BCUT2D eigenvalue weighted by Gasteiger charge is -2.21. The van der Waals surface area contributed by atoms with Gasteiger partial charge in [0.05, 0.1) is 13.0 Å². The molecule has 0 heterocycles. The van der Waals surface area contributed by atoms with Gasteiger partial charge >= 0.3 is 6.18 Å². The second kappa shape index (κ2) is 5.27. The number of aromatic hydroxyl groups is 1. The van der Waals surface area contributed by atoms with Gasteiger partial charge in [-0.1, -0.05) is 12.1 Å². The number of methoxy groups -OCH3 is 1. The fourth-order valence-corrected chi connectivity index (χ4v) is 1.65. The van der Waals surface area contributed by atoms with Gasteiger partial charge in [-0.15, -0.1) is 0 Å². The van der Waals surface area contributed by atoms with Gasteiger partial charge in [-0.3, -0.25) is 0 Å². The number of nitrogens with two attached hydrogens (primary N) is 1. The number of alkyl halides is 3. The van der Waals surface area contributed by atoms with Gasteiger partial charge in [-0.25, -0.2) is 0 Å². The van der Waals surface area contributed by atoms with Crippen molar-refractivity contribution < 1.29 is 23.0 Å². The van der Waals surface area contributed by atoms with Crippen molar-refractivity contribution in [2.45, 2.75) is 18.5 Å². The third-order valence-corrected chi connectivity index (χ3v) is 2.48. The van der Waals surface area contributed by atoms with Crippen molar-refractivity contribution in [1.82, 2.24) is 0 Å². The highest BCUT2D eigenvalue weighted by Gasteiger charge is 2.41. The van der Waals surface area contributed by atoms with Gasteiger partial charge in [0.2, 0.25) is 0 Å². The first-order chi connectivity index (χ1) is 7.91. The third-order valence-electron chi connectivity index (χ3n) is 2.48. The number of rotatable bonds is 4. The number of halogens is 3. The first kappa shape index (κ1) is 13.6. The van der Waals surface area contributed by atoms with E-state index in [0.717, 1.165) is 0 Å². The average molecular weight is 249 g/mol. The Hall–Kier alpha value is -1.43. The number of hydrogen-bond donors (Lipinski definition) is 2. The minimum atomic E-state index is -4.44. The number of hydrogen-bond acceptors (Lipinski definition) is 3. The molecule has 0 spiro atoms. The molecule has 0 saturated heterocycles. The van der Waals surface area contributed by atoms with Crippen molar-refractivity contribution in [3.8, 4) is 11.5 Å². The Labute approximate surface area is 97.0 Å². The molecule has 0 aliphatic carbocycles. The van der Waals surface area contributed by atoms with Crippen LogP contribution >= 0.6 is 0 Å². The molecule has 0 saturated carbocycles. The SMILES string of the molecule is COc1cccc(C(CCN)C(F)(F)F)c1O. The van der Waals surface area contributed by atoms with Crippen molar-refractivity contribution in [3.63, 3.8) is 0 Å². The molecule has 1 unspecified atom stereocenters. The molecule has 96 valence electrons. The lowest BCUT2D eigenvalue weighted by molar-refractivity contribution is -0.151. The van der Waals surface area contributed by atoms with Crippen molar-refractivity contribution in [2.24, 2.45) is 5.73 Å². The van der Waals surface area contributed by atoms with E-state index in [2.05, 4.69) is 0 Å². The molecule has 6 heteroatoms. The van der Waals surface area contributed by atoms with Crippen LogP contribution in [0.4, 0.5) is 13.2 Å². The Morgan fingerprint density at radius 1 is 1.41 bits per heavy atom. The predicted octanol–water partition coefficient (Wildman–Crippen LogP) is 2.40. The van der Waals surface area contributed by atoms with E-state index in [1.54, 1.807) is 0 Å². The Balaban J connectivity index is 3.19. The zero-order valence-corrected chi connectivity index (χ0v) is 9.29. The minimum absolute atomic E-state index is 0.0220. The van der Waals surface area contributed by atoms with Crippen LogP contribution in [0.25, 0.3) is 0 Å². The summed E-state index contributed by atoms with van der Waals surface area (Å²) in [5.41, 5.74) is 4.96. The van der Waals surface area contributed by atoms with Crippen molar-refractivity contribution in [3.05, 3.63) is 23.8 Å². The zero-order valence-electron chi connectivity index (χ0n) is 9.29. The van der Waals surface area contributed by atoms with Gasteiger partial charge in [0, 0.05) is 5.56 Å². The van der Waals surface area contributed by atoms with Crippen LogP contribution in [0.1, 0.15) is 17.9 Å². The van der Waals surface area contributed by atoms with Crippen LogP contribution in [-0.4, -0.2) is 24.9 Å². The maximum Gasteiger partial charge on any atom is 0.395 e. The molecule has 0 aliphatic rings. The molecular weight excluding hydrogens is 235 g/mol. The van der Waals surface area contributed by atoms with E-state index >= 15 is 0 Å². The van der Waals surface area contributed by atoms with E-state index in [0.29, 0.717) is 0 Å². The molecule has 0 fully saturated rings. The molecule has 0 aliphatic heterocycles. The summed E-state index contributed by atoms with van der Waals surface area (Å²) in [5, 5.41) is 9.68. The number of phenols is 1. The summed E-state index contributed by atoms with van der Waals surface area (Å²) in [6, 6.07) is 4.03. The Kier molecular flexibility index (Phi) is 4.22. The molecule has 1 rings (SSSR count). The summed E-state index contributed by atoms with van der Waals surface area (Å²) in [7, 11) is 1.28. The van der Waals surface area contributed by atoms with Gasteiger partial charge in [0.15, 0.2) is 11.5 Å². The molecule has 17 heavy (non-hydrogen) atoms. The molecule has 1 aromatic rings. The third kappa shape index (κ3) is 3.03. The van der Waals surface area contributed by atoms with Gasteiger partial charge in [0.1, 0.15) is 0 Å². The monoisotopic (exact) mass is 249 g/mol. The highest BCUT2D eigenvalue weighted by Crippen LogP contribution is 2.43. The van der Waals surface area contributed by atoms with Crippen LogP contribution < -0.4 is 10.5 Å².